The van der Waals surface area contributed by atoms with E-state index in [-0.39, 0.29) is 0 Å². The molecule has 10 aromatic carbocycles. The first-order valence-corrected chi connectivity index (χ1v) is 28.1. The Morgan fingerprint density at radius 3 is 1.35 bits per heavy atom. The number of nitrogens with zero attached hydrogens (tertiary/aromatic N) is 8. The maximum atomic E-state index is 5.21. The Balaban J connectivity index is 0.000000122. The van der Waals surface area contributed by atoms with E-state index in [1.807, 2.05) is 24.5 Å². The summed E-state index contributed by atoms with van der Waals surface area (Å²) in [7, 11) is 0. The van der Waals surface area contributed by atoms with Gasteiger partial charge in [-0.3, -0.25) is 8.80 Å². The first kappa shape index (κ1) is 44.0. The van der Waals surface area contributed by atoms with Gasteiger partial charge in [-0.1, -0.05) is 127 Å². The van der Waals surface area contributed by atoms with E-state index in [2.05, 4.69) is 236 Å². The highest BCUT2D eigenvalue weighted by atomic mass is 15.1. The number of imidazole rings is 2. The average molecular weight is 1050 g/mol. The lowest BCUT2D eigenvalue weighted by atomic mass is 9.98. The van der Waals surface area contributed by atoms with Crippen molar-refractivity contribution in [1.29, 1.82) is 0 Å². The number of hydrogen-bond donors (Lipinski definition) is 0. The van der Waals surface area contributed by atoms with Crippen LogP contribution in [0, 0.1) is 0 Å². The molecule has 8 aromatic heterocycles. The molecular weight excluding hydrogens is 1000 g/mol. The number of hydrogen-bond acceptors (Lipinski definition) is 4. The van der Waals surface area contributed by atoms with Crippen LogP contribution in [0.1, 0.15) is 22.3 Å². The van der Waals surface area contributed by atoms with Crippen molar-refractivity contribution >= 4 is 121 Å². The van der Waals surface area contributed by atoms with E-state index in [9.17, 15) is 0 Å². The van der Waals surface area contributed by atoms with Crippen molar-refractivity contribution in [3.05, 3.63) is 265 Å². The first-order chi connectivity index (χ1) is 40.7. The molecule has 2 aliphatic carbocycles. The summed E-state index contributed by atoms with van der Waals surface area (Å²) in [5.74, 6) is 0. The van der Waals surface area contributed by atoms with Crippen LogP contribution in [0.2, 0.25) is 0 Å². The van der Waals surface area contributed by atoms with Gasteiger partial charge in [-0.15, -0.1) is 0 Å². The van der Waals surface area contributed by atoms with E-state index in [0.29, 0.717) is 0 Å². The maximum Gasteiger partial charge on any atom is 0.147 e. The van der Waals surface area contributed by atoms with Crippen LogP contribution in [-0.4, -0.2) is 37.9 Å². The molecule has 20 rings (SSSR count). The summed E-state index contributed by atoms with van der Waals surface area (Å²) < 4.78 is 9.32. The van der Waals surface area contributed by atoms with E-state index < -0.39 is 0 Å². The van der Waals surface area contributed by atoms with E-state index >= 15 is 0 Å². The van der Waals surface area contributed by atoms with E-state index in [1.54, 1.807) is 0 Å². The Morgan fingerprint density at radius 1 is 0.280 bits per heavy atom. The van der Waals surface area contributed by atoms with E-state index in [4.69, 9.17) is 19.9 Å². The fraction of sp³-hybridized carbons (Fsp3) is 0.0270. The molecule has 8 heteroatoms. The molecule has 0 amide bonds. The third-order valence-electron chi connectivity index (χ3n) is 17.9. The second-order valence-electron chi connectivity index (χ2n) is 22.0. The summed E-state index contributed by atoms with van der Waals surface area (Å²) in [5, 5.41) is 12.4. The predicted molar refractivity (Wildman–Crippen MR) is 336 cm³/mol. The van der Waals surface area contributed by atoms with Gasteiger partial charge in [0, 0.05) is 73.3 Å². The van der Waals surface area contributed by atoms with Gasteiger partial charge in [-0.2, -0.15) is 0 Å². The lowest BCUT2D eigenvalue weighted by Gasteiger charge is -2.12. The van der Waals surface area contributed by atoms with Crippen molar-refractivity contribution in [3.63, 3.8) is 0 Å². The Labute approximate surface area is 467 Å². The van der Waals surface area contributed by atoms with Gasteiger partial charge >= 0.3 is 0 Å². The van der Waals surface area contributed by atoms with Gasteiger partial charge in [0.1, 0.15) is 22.6 Å². The molecular formula is C74H44N8. The molecule has 0 saturated heterocycles. The van der Waals surface area contributed by atoms with E-state index in [1.165, 1.54) is 121 Å². The van der Waals surface area contributed by atoms with Crippen LogP contribution in [0.15, 0.2) is 243 Å². The fourth-order valence-electron chi connectivity index (χ4n) is 14.6. The zero-order valence-corrected chi connectivity index (χ0v) is 44.1. The zero-order valence-electron chi connectivity index (χ0n) is 44.1. The lowest BCUT2D eigenvalue weighted by molar-refractivity contribution is 1.18. The molecule has 2 aliphatic rings. The number of benzene rings is 10. The summed E-state index contributed by atoms with van der Waals surface area (Å²) >= 11 is 0. The van der Waals surface area contributed by atoms with Crippen LogP contribution in [0.5, 0.6) is 0 Å². The second-order valence-corrected chi connectivity index (χ2v) is 22.0. The highest BCUT2D eigenvalue weighted by molar-refractivity contribution is 6.20. The minimum Gasteiger partial charge on any atom is -0.309 e. The quantitative estimate of drug-likeness (QED) is 0.162. The van der Waals surface area contributed by atoms with Crippen LogP contribution >= 0.6 is 0 Å². The minimum absolute atomic E-state index is 0.868. The largest absolute Gasteiger partial charge is 0.309 e. The molecule has 82 heavy (non-hydrogen) atoms. The topological polar surface area (TPSA) is 70.2 Å². The standard InChI is InChI=1S/2C37H22N4/c1-2-9-22(10-3-1)40-31-14-6-4-11-27(31)34-28-21-29-23(24(28)18-19-33(34)40)16-17-25-26-12-8-20-38-36(26)41-32-15-7-5-13-30(32)39-37(41)35(25)29;1-2-9-23(10-3-1)40-32-14-6-4-11-25(32)29-19-22-20-30-24(28(22)21-34(29)40)16-17-26-27-12-8-18-38-36(27)41-33-15-7-5-13-31(33)39-37(41)35(26)30/h1-20H,21H2;1-19,21H,20H2. The van der Waals surface area contributed by atoms with Crippen LogP contribution in [0.25, 0.3) is 154 Å². The lowest BCUT2D eigenvalue weighted by Crippen LogP contribution is -1.96. The average Bonchev–Trinajstić information content (AvgIpc) is 4.45. The highest BCUT2D eigenvalue weighted by Gasteiger charge is 2.30. The van der Waals surface area contributed by atoms with Crippen molar-refractivity contribution in [1.82, 2.24) is 37.9 Å². The number of pyridine rings is 4. The second kappa shape index (κ2) is 16.3. The van der Waals surface area contributed by atoms with Crippen molar-refractivity contribution in [2.24, 2.45) is 0 Å². The van der Waals surface area contributed by atoms with Crippen LogP contribution in [0.3, 0.4) is 0 Å². The normalized spacial score (nSPS) is 12.8. The van der Waals surface area contributed by atoms with Crippen molar-refractivity contribution in [2.75, 3.05) is 0 Å². The zero-order chi connectivity index (χ0) is 53.3. The SMILES string of the molecule is c1ccc(-n2c3ccccc3c3c4c(ccc32)-c2ccc3c5cccnc5n5c6ccccc6nc5c3c2C4)cc1.c1ccc(-n2c3ccccc3c3cc4c(cc32)-c2ccc3c5cccnc5n5c6ccccc6nc5c3c2C4)cc1. The molecule has 8 nitrogen and oxygen atoms in total. The molecule has 18 aromatic rings. The third-order valence-corrected chi connectivity index (χ3v) is 17.9. The van der Waals surface area contributed by atoms with Crippen LogP contribution < -0.4 is 0 Å². The molecule has 0 fully saturated rings. The first-order valence-electron chi connectivity index (χ1n) is 28.1. The fourth-order valence-corrected chi connectivity index (χ4v) is 14.6. The smallest absolute Gasteiger partial charge is 0.147 e. The van der Waals surface area contributed by atoms with Gasteiger partial charge in [-0.05, 0) is 165 Å². The number of rotatable bonds is 2. The summed E-state index contributed by atoms with van der Waals surface area (Å²) in [5.41, 5.74) is 26.1. The molecule has 0 bridgehead atoms. The molecule has 0 saturated carbocycles. The Morgan fingerprint density at radius 2 is 0.744 bits per heavy atom. The maximum absolute atomic E-state index is 5.21. The van der Waals surface area contributed by atoms with Crippen LogP contribution in [0.4, 0.5) is 0 Å². The number of para-hydroxylation sites is 8. The van der Waals surface area contributed by atoms with Crippen LogP contribution in [-0.2, 0) is 12.8 Å². The molecule has 0 atom stereocenters. The Bertz CT molecular complexity index is 5820. The predicted octanol–water partition coefficient (Wildman–Crippen LogP) is 17.7. The minimum atomic E-state index is 0.868. The van der Waals surface area contributed by atoms with Gasteiger partial charge in [0.05, 0.1) is 44.1 Å². The Hall–Kier alpha value is -11.0. The molecule has 0 unspecified atom stereocenters. The van der Waals surface area contributed by atoms with Gasteiger partial charge in [0.15, 0.2) is 0 Å². The Kier molecular flexibility index (Phi) is 8.75. The molecule has 380 valence electrons. The molecule has 0 aliphatic heterocycles. The highest BCUT2D eigenvalue weighted by Crippen LogP contribution is 2.50. The van der Waals surface area contributed by atoms with Gasteiger partial charge in [0.25, 0.3) is 0 Å². The molecule has 0 N–H and O–H groups in total. The van der Waals surface area contributed by atoms with Gasteiger partial charge in [-0.25, -0.2) is 19.9 Å². The van der Waals surface area contributed by atoms with Crippen molar-refractivity contribution in [3.8, 4) is 33.6 Å². The number of fused-ring (bicyclic) bond motifs is 31. The molecule has 0 radical (unpaired) electrons. The van der Waals surface area contributed by atoms with E-state index in [0.717, 1.165) is 68.3 Å². The molecule has 8 heterocycles. The molecule has 0 spiro atoms. The van der Waals surface area contributed by atoms with Crippen molar-refractivity contribution in [2.45, 2.75) is 12.8 Å². The number of aromatic nitrogens is 8. The summed E-state index contributed by atoms with van der Waals surface area (Å²) in [6.45, 7) is 0. The third kappa shape index (κ3) is 5.84. The van der Waals surface area contributed by atoms with Gasteiger partial charge in [0.2, 0.25) is 0 Å². The summed E-state index contributed by atoms with van der Waals surface area (Å²) in [6.07, 6.45) is 5.51. The summed E-state index contributed by atoms with van der Waals surface area (Å²) in [6, 6.07) is 82.9. The van der Waals surface area contributed by atoms with Crippen molar-refractivity contribution < 1.29 is 0 Å². The van der Waals surface area contributed by atoms with Gasteiger partial charge < -0.3 is 9.13 Å². The summed E-state index contributed by atoms with van der Waals surface area (Å²) in [4.78, 5) is 20.1. The monoisotopic (exact) mass is 1040 g/mol.